The topological polar surface area (TPSA) is 148 Å². The van der Waals surface area contributed by atoms with Crippen LogP contribution in [0.5, 0.6) is 0 Å². The highest BCUT2D eigenvalue weighted by Crippen LogP contribution is 2.31. The molecule has 0 unspecified atom stereocenters. The minimum absolute atomic E-state index is 0.0490. The van der Waals surface area contributed by atoms with Crippen molar-refractivity contribution < 1.29 is 9.72 Å². The third kappa shape index (κ3) is 3.90. The number of amides is 1. The molecule has 23 heavy (non-hydrogen) atoms. The summed E-state index contributed by atoms with van der Waals surface area (Å²) in [5, 5.41) is 22.3. The summed E-state index contributed by atoms with van der Waals surface area (Å²) in [4.78, 5) is 29.0. The van der Waals surface area contributed by atoms with Crippen molar-refractivity contribution in [2.24, 2.45) is 5.73 Å². The number of nitriles is 1. The number of carbonyl (C=O) groups is 1. The summed E-state index contributed by atoms with van der Waals surface area (Å²) < 4.78 is 0. The van der Waals surface area contributed by atoms with Gasteiger partial charge < -0.3 is 11.1 Å². The van der Waals surface area contributed by atoms with E-state index in [0.29, 0.717) is 11.3 Å². The highest BCUT2D eigenvalue weighted by atomic mass is 35.5. The molecule has 2 rings (SSSR count). The number of benzene rings is 1. The second kappa shape index (κ2) is 6.67. The summed E-state index contributed by atoms with van der Waals surface area (Å²) in [6.45, 7) is 0. The van der Waals surface area contributed by atoms with Crippen LogP contribution < -0.4 is 11.1 Å². The first-order valence-corrected chi connectivity index (χ1v) is 6.55. The van der Waals surface area contributed by atoms with E-state index in [-0.39, 0.29) is 18.1 Å². The van der Waals surface area contributed by atoms with Gasteiger partial charge in [-0.15, -0.1) is 0 Å². The van der Waals surface area contributed by atoms with Crippen molar-refractivity contribution >= 4 is 34.7 Å². The fourth-order valence-corrected chi connectivity index (χ4v) is 2.01. The van der Waals surface area contributed by atoms with Gasteiger partial charge in [0.2, 0.25) is 16.9 Å². The molecule has 116 valence electrons. The van der Waals surface area contributed by atoms with Crippen molar-refractivity contribution in [1.29, 1.82) is 5.26 Å². The van der Waals surface area contributed by atoms with Crippen LogP contribution in [0, 0.1) is 21.4 Å². The number of nitrogens with zero attached hydrogens (tertiary/aromatic N) is 4. The van der Waals surface area contributed by atoms with Crippen molar-refractivity contribution in [2.75, 3.05) is 5.32 Å². The molecule has 1 heterocycles. The van der Waals surface area contributed by atoms with E-state index < -0.39 is 21.7 Å². The largest absolute Gasteiger partial charge is 0.369 e. The molecule has 0 bridgehead atoms. The number of halogens is 1. The Labute approximate surface area is 134 Å². The van der Waals surface area contributed by atoms with Crippen LogP contribution in [-0.2, 0) is 11.2 Å². The number of nitrogens with one attached hydrogen (secondary N) is 1. The van der Waals surface area contributed by atoms with Gasteiger partial charge in [0, 0.05) is 5.69 Å². The molecule has 1 aromatic carbocycles. The molecule has 0 aliphatic rings. The summed E-state index contributed by atoms with van der Waals surface area (Å²) in [5.41, 5.74) is 5.27. The van der Waals surface area contributed by atoms with Gasteiger partial charge in [0.1, 0.15) is 5.82 Å². The Hall–Kier alpha value is -3.25. The smallest absolute Gasteiger partial charge is 0.348 e. The molecule has 0 saturated heterocycles. The molecule has 0 aliphatic heterocycles. The summed E-state index contributed by atoms with van der Waals surface area (Å²) in [6.07, 6.45) is -0.315. The Balaban J connectivity index is 2.49. The van der Waals surface area contributed by atoms with Crippen LogP contribution in [0.25, 0.3) is 0 Å². The van der Waals surface area contributed by atoms with Gasteiger partial charge in [0.15, 0.2) is 0 Å². The van der Waals surface area contributed by atoms with Gasteiger partial charge in [-0.3, -0.25) is 14.9 Å². The van der Waals surface area contributed by atoms with Gasteiger partial charge in [-0.05, 0) is 18.2 Å². The molecular formula is C13H9ClN6O3. The van der Waals surface area contributed by atoms with Crippen molar-refractivity contribution in [3.8, 4) is 6.07 Å². The third-order valence-corrected chi connectivity index (χ3v) is 2.92. The minimum Gasteiger partial charge on any atom is -0.369 e. The number of hydrogen-bond acceptors (Lipinski definition) is 7. The molecule has 0 atom stereocenters. The second-order valence-electron chi connectivity index (χ2n) is 4.35. The van der Waals surface area contributed by atoms with E-state index in [1.54, 1.807) is 18.2 Å². The Morgan fingerprint density at radius 2 is 2.22 bits per heavy atom. The van der Waals surface area contributed by atoms with Gasteiger partial charge in [0.05, 0.1) is 23.0 Å². The molecular weight excluding hydrogens is 324 g/mol. The maximum atomic E-state index is 11.1. The highest BCUT2D eigenvalue weighted by molar-refractivity contribution is 6.32. The predicted octanol–water partition coefficient (Wildman–Crippen LogP) is 1.68. The molecule has 0 aliphatic carbocycles. The minimum atomic E-state index is -0.743. The molecule has 2 aromatic rings. The first-order chi connectivity index (χ1) is 10.9. The molecule has 1 aromatic heterocycles. The molecule has 1 amide bonds. The monoisotopic (exact) mass is 332 g/mol. The van der Waals surface area contributed by atoms with Crippen LogP contribution >= 0.6 is 11.6 Å². The van der Waals surface area contributed by atoms with Gasteiger partial charge in [-0.1, -0.05) is 17.7 Å². The normalized spacial score (nSPS) is 9.91. The SMILES string of the molecule is N#Cc1cccc(Nc2nc(CC(N)=O)nc(Cl)c2[N+](=O)[O-])c1. The zero-order valence-electron chi connectivity index (χ0n) is 11.5. The zero-order chi connectivity index (χ0) is 17.0. The number of anilines is 2. The fraction of sp³-hybridized carbons (Fsp3) is 0.0769. The first-order valence-electron chi connectivity index (χ1n) is 6.17. The predicted molar refractivity (Wildman–Crippen MR) is 81.0 cm³/mol. The third-order valence-electron chi connectivity index (χ3n) is 2.66. The molecule has 9 nitrogen and oxygen atoms in total. The van der Waals surface area contributed by atoms with E-state index >= 15 is 0 Å². The van der Waals surface area contributed by atoms with Gasteiger partial charge in [0.25, 0.3) is 0 Å². The summed E-state index contributed by atoms with van der Waals surface area (Å²) >= 11 is 5.80. The van der Waals surface area contributed by atoms with E-state index in [4.69, 9.17) is 22.6 Å². The lowest BCUT2D eigenvalue weighted by atomic mass is 10.2. The molecule has 0 fully saturated rings. The van der Waals surface area contributed by atoms with Gasteiger partial charge in [-0.25, -0.2) is 9.97 Å². The van der Waals surface area contributed by atoms with Crippen molar-refractivity contribution in [1.82, 2.24) is 9.97 Å². The lowest BCUT2D eigenvalue weighted by Gasteiger charge is -2.08. The Bertz CT molecular complexity index is 833. The zero-order valence-corrected chi connectivity index (χ0v) is 12.2. The van der Waals surface area contributed by atoms with E-state index in [0.717, 1.165) is 0 Å². The number of primary amides is 1. The van der Waals surface area contributed by atoms with Crippen LogP contribution in [0.4, 0.5) is 17.2 Å². The van der Waals surface area contributed by atoms with Crippen LogP contribution in [0.2, 0.25) is 5.15 Å². The number of aromatic nitrogens is 2. The van der Waals surface area contributed by atoms with Gasteiger partial charge >= 0.3 is 5.69 Å². The maximum Gasteiger partial charge on any atom is 0.348 e. The van der Waals surface area contributed by atoms with Crippen LogP contribution in [0.3, 0.4) is 0 Å². The maximum absolute atomic E-state index is 11.1. The number of nitrogens with two attached hydrogens (primary N) is 1. The Kier molecular flexibility index (Phi) is 4.68. The molecule has 3 N–H and O–H groups in total. The van der Waals surface area contributed by atoms with Crippen molar-refractivity contribution in [3.05, 3.63) is 50.9 Å². The average molecular weight is 333 g/mol. The molecule has 0 radical (unpaired) electrons. The van der Waals surface area contributed by atoms with E-state index in [1.807, 2.05) is 6.07 Å². The number of hydrogen-bond donors (Lipinski definition) is 2. The van der Waals surface area contributed by atoms with Crippen LogP contribution in [-0.4, -0.2) is 20.8 Å². The Morgan fingerprint density at radius 1 is 1.48 bits per heavy atom. The molecule has 10 heteroatoms. The van der Waals surface area contributed by atoms with E-state index in [2.05, 4.69) is 15.3 Å². The Morgan fingerprint density at radius 3 is 2.83 bits per heavy atom. The lowest BCUT2D eigenvalue weighted by molar-refractivity contribution is -0.384. The number of carbonyl (C=O) groups excluding carboxylic acids is 1. The molecule has 0 spiro atoms. The summed E-state index contributed by atoms with van der Waals surface area (Å²) in [6, 6.07) is 8.19. The van der Waals surface area contributed by atoms with Gasteiger partial charge in [-0.2, -0.15) is 5.26 Å². The van der Waals surface area contributed by atoms with E-state index in [1.165, 1.54) is 6.07 Å². The molecule has 0 saturated carbocycles. The van der Waals surface area contributed by atoms with Crippen LogP contribution in [0.1, 0.15) is 11.4 Å². The quantitative estimate of drug-likeness (QED) is 0.480. The van der Waals surface area contributed by atoms with Crippen LogP contribution in [0.15, 0.2) is 24.3 Å². The number of rotatable bonds is 5. The standard InChI is InChI=1S/C13H9ClN6O3/c14-12-11(20(22)23)13(19-10(18-12)5-9(16)21)17-8-3-1-2-7(4-8)6-15/h1-4H,5H2,(H2,16,21)(H,17,18,19). The summed E-state index contributed by atoms with van der Waals surface area (Å²) in [5.74, 6) is -0.944. The second-order valence-corrected chi connectivity index (χ2v) is 4.70. The fourth-order valence-electron chi connectivity index (χ4n) is 1.76. The first kappa shape index (κ1) is 16.1. The van der Waals surface area contributed by atoms with E-state index in [9.17, 15) is 14.9 Å². The average Bonchev–Trinajstić information content (AvgIpc) is 2.45. The lowest BCUT2D eigenvalue weighted by Crippen LogP contribution is -2.16. The highest BCUT2D eigenvalue weighted by Gasteiger charge is 2.24. The van der Waals surface area contributed by atoms with Crippen molar-refractivity contribution in [3.63, 3.8) is 0 Å². The summed E-state index contributed by atoms with van der Waals surface area (Å²) in [7, 11) is 0. The number of nitro groups is 1. The van der Waals surface area contributed by atoms with Crippen molar-refractivity contribution in [2.45, 2.75) is 6.42 Å².